The molecule has 0 nitrogen and oxygen atoms in total. The summed E-state index contributed by atoms with van der Waals surface area (Å²) in [5.74, 6) is 1.36. The molecule has 2 heteroatoms. The van der Waals surface area contributed by atoms with Crippen molar-refractivity contribution in [2.24, 2.45) is 5.92 Å². The van der Waals surface area contributed by atoms with E-state index in [-0.39, 0.29) is 54.5 Å². The number of rotatable bonds is 3. The molecule has 0 bridgehead atoms. The van der Waals surface area contributed by atoms with Crippen molar-refractivity contribution in [2.45, 2.75) is 151 Å². The van der Waals surface area contributed by atoms with E-state index in [1.165, 1.54) is 100 Å². The summed E-state index contributed by atoms with van der Waals surface area (Å²) in [5.41, 5.74) is 27.3. The first kappa shape index (κ1) is 52.5. The summed E-state index contributed by atoms with van der Waals surface area (Å²) >= 11 is 0. The maximum atomic E-state index is 3.35. The molecule has 0 saturated carbocycles. The van der Waals surface area contributed by atoms with Gasteiger partial charge in [0, 0.05) is 21.1 Å². The van der Waals surface area contributed by atoms with Crippen molar-refractivity contribution in [1.29, 1.82) is 0 Å². The molecule has 0 amide bonds. The second kappa shape index (κ2) is 21.7. The van der Waals surface area contributed by atoms with Gasteiger partial charge in [0.05, 0.1) is 0 Å². The molecule has 0 N–H and O–H groups in total. The topological polar surface area (TPSA) is 0 Å². The first-order chi connectivity index (χ1) is 19.6. The van der Waals surface area contributed by atoms with Crippen molar-refractivity contribution in [3.05, 3.63) is 121 Å². The Kier molecular flexibility index (Phi) is 24.2. The fourth-order valence-corrected chi connectivity index (χ4v) is 6.17. The molecule has 3 aromatic carbocycles. The molecule has 1 unspecified atom stereocenters. The number of benzene rings is 3. The Labute approximate surface area is 321 Å². The molecule has 3 aromatic rings. The zero-order valence-corrected chi connectivity index (χ0v) is 39.3. The summed E-state index contributed by atoms with van der Waals surface area (Å²) in [4.78, 5) is 0. The van der Waals surface area contributed by atoms with E-state index in [0.29, 0.717) is 11.8 Å². The van der Waals surface area contributed by atoms with Crippen molar-refractivity contribution < 1.29 is 39.6 Å². The van der Waals surface area contributed by atoms with Gasteiger partial charge < -0.3 is 14.9 Å². The SMILES string of the molecule is CC(C)=C(C)c1c(C)c(C)c(C)c(C)c1C.Cc1[c-]c(C)c(C)c(C)c1C.Cc1c(C)c(C)c(C(C)C(C)C)c(C)c1C.[CH3-].[CH3-].[V+2].[W]. The Morgan fingerprint density at radius 3 is 0.957 bits per heavy atom. The fraction of sp³-hybridized carbons (Fsp3) is 0.511. The Bertz CT molecular complexity index is 1430. The molecule has 3 rings (SSSR count). The second-order valence-corrected chi connectivity index (χ2v) is 13.9. The zero-order chi connectivity index (χ0) is 33.8. The molecule has 0 spiro atoms. The van der Waals surface area contributed by atoms with Gasteiger partial charge in [-0.05, 0) is 174 Å². The first-order valence-electron chi connectivity index (χ1n) is 16.4. The third-order valence-corrected chi connectivity index (χ3v) is 11.3. The van der Waals surface area contributed by atoms with E-state index in [0.717, 1.165) is 0 Å². The molecule has 1 radical (unpaired) electrons. The van der Waals surface area contributed by atoms with Crippen LogP contribution in [0.1, 0.15) is 142 Å². The Hall–Kier alpha value is -1.33. The minimum atomic E-state index is 0. The molecule has 0 aliphatic rings. The van der Waals surface area contributed by atoms with Gasteiger partial charge in [0.15, 0.2) is 0 Å². The summed E-state index contributed by atoms with van der Waals surface area (Å²) in [6, 6.07) is 3.35. The number of hydrogen-bond donors (Lipinski definition) is 0. The largest absolute Gasteiger partial charge is 2.00 e. The predicted octanol–water partition coefficient (Wildman–Crippen LogP) is 14.0. The van der Waals surface area contributed by atoms with Gasteiger partial charge in [0.25, 0.3) is 0 Å². The normalized spacial score (nSPS) is 10.5. The molecule has 47 heavy (non-hydrogen) atoms. The van der Waals surface area contributed by atoms with Crippen LogP contribution in [0.25, 0.3) is 5.57 Å². The molecule has 0 aliphatic carbocycles. The molecule has 0 aromatic heterocycles. The molecule has 0 saturated heterocycles. The quantitative estimate of drug-likeness (QED) is 0.230. The molecular weight excluding hydrogens is 775 g/mol. The molecule has 263 valence electrons. The molecule has 0 aliphatic heterocycles. The van der Waals surface area contributed by atoms with E-state index in [2.05, 4.69) is 151 Å². The van der Waals surface area contributed by atoms with Gasteiger partial charge in [-0.2, -0.15) is 33.9 Å². The average Bonchev–Trinajstić information content (AvgIpc) is 2.95. The van der Waals surface area contributed by atoms with Crippen LogP contribution in [0.15, 0.2) is 5.57 Å². The molecule has 0 heterocycles. The summed E-state index contributed by atoms with van der Waals surface area (Å²) in [6.07, 6.45) is 0. The van der Waals surface area contributed by atoms with Gasteiger partial charge in [0.1, 0.15) is 0 Å². The van der Waals surface area contributed by atoms with Crippen LogP contribution in [-0.4, -0.2) is 0 Å². The summed E-state index contributed by atoms with van der Waals surface area (Å²) in [7, 11) is 0. The smallest absolute Gasteiger partial charge is 0.358 e. The minimum absolute atomic E-state index is 0. The van der Waals surface area contributed by atoms with Crippen LogP contribution < -0.4 is 0 Å². The van der Waals surface area contributed by atoms with Crippen LogP contribution in [0.5, 0.6) is 0 Å². The Morgan fingerprint density at radius 1 is 0.426 bits per heavy atom. The number of hydrogen-bond acceptors (Lipinski definition) is 0. The summed E-state index contributed by atoms with van der Waals surface area (Å²) in [5, 5.41) is 0. The predicted molar refractivity (Wildman–Crippen MR) is 209 cm³/mol. The van der Waals surface area contributed by atoms with Gasteiger partial charge in [-0.3, -0.25) is 0 Å². The fourth-order valence-electron chi connectivity index (χ4n) is 6.17. The second-order valence-electron chi connectivity index (χ2n) is 13.9. The van der Waals surface area contributed by atoms with E-state index in [1.807, 2.05) is 0 Å². The third kappa shape index (κ3) is 11.9. The summed E-state index contributed by atoms with van der Waals surface area (Å²) in [6.45, 7) is 46.9. The maximum Gasteiger partial charge on any atom is 2.00 e. The maximum absolute atomic E-state index is 3.35. The monoisotopic (exact) mass is 846 g/mol. The van der Waals surface area contributed by atoms with Gasteiger partial charge in [-0.25, -0.2) is 0 Å². The van der Waals surface area contributed by atoms with Crippen LogP contribution in [-0.2, 0) is 39.6 Å². The van der Waals surface area contributed by atoms with E-state index in [4.69, 9.17) is 0 Å². The van der Waals surface area contributed by atoms with E-state index >= 15 is 0 Å². The summed E-state index contributed by atoms with van der Waals surface area (Å²) < 4.78 is 0. The van der Waals surface area contributed by atoms with Crippen LogP contribution >= 0.6 is 0 Å². The van der Waals surface area contributed by atoms with E-state index in [9.17, 15) is 0 Å². The van der Waals surface area contributed by atoms with Crippen LogP contribution in [0.2, 0.25) is 0 Å². The van der Waals surface area contributed by atoms with Crippen molar-refractivity contribution >= 4 is 5.57 Å². The van der Waals surface area contributed by atoms with Gasteiger partial charge >= 0.3 is 18.6 Å². The van der Waals surface area contributed by atoms with Crippen LogP contribution in [0.4, 0.5) is 0 Å². The Balaban J connectivity index is -0.000000288. The van der Waals surface area contributed by atoms with Crippen molar-refractivity contribution in [1.82, 2.24) is 0 Å². The van der Waals surface area contributed by atoms with Crippen LogP contribution in [0, 0.1) is 131 Å². The van der Waals surface area contributed by atoms with Crippen LogP contribution in [0.3, 0.4) is 0 Å². The number of allylic oxidation sites excluding steroid dienone is 2. The Morgan fingerprint density at radius 2 is 0.681 bits per heavy atom. The van der Waals surface area contributed by atoms with Gasteiger partial charge in [0.2, 0.25) is 0 Å². The number of aryl methyl sites for hydroxylation is 2. The average molecular weight is 847 g/mol. The van der Waals surface area contributed by atoms with Crippen molar-refractivity contribution in [2.75, 3.05) is 0 Å². The van der Waals surface area contributed by atoms with Gasteiger partial charge in [-0.1, -0.05) is 61.0 Å². The third-order valence-electron chi connectivity index (χ3n) is 11.3. The first-order valence-corrected chi connectivity index (χ1v) is 16.4. The van der Waals surface area contributed by atoms with Crippen molar-refractivity contribution in [3.63, 3.8) is 0 Å². The van der Waals surface area contributed by atoms with E-state index in [1.54, 1.807) is 5.56 Å². The standard InChI is InChI=1S/C16H26.C16H24.C11H15.2CH3.V.W/c2*1-9(2)10(3)16-14(7)12(5)11(4)13(6)15(16)8;1-7-6-8(2)10(4)11(5)9(7)3;;;;/h9-10H,1-8H3;1-8H3;1-5H3;2*1H3;;/q;;3*-1;+2;. The molecular formula is C45H71VW-. The molecule has 0 fully saturated rings. The zero-order valence-electron chi connectivity index (χ0n) is 35.0. The molecule has 1 atom stereocenters. The van der Waals surface area contributed by atoms with Crippen molar-refractivity contribution in [3.8, 4) is 0 Å². The minimum Gasteiger partial charge on any atom is -0.358 e. The van der Waals surface area contributed by atoms with Gasteiger partial charge in [-0.15, -0.1) is 0 Å². The van der Waals surface area contributed by atoms with E-state index < -0.39 is 0 Å².